The molecule has 1 aromatic carbocycles. The number of hydrogen-bond donors (Lipinski definition) is 0. The van der Waals surface area contributed by atoms with Gasteiger partial charge in [0.15, 0.2) is 0 Å². The standard InChI is InChI=1S/C14H16OS/c1-15-14-7-5-12(6-8-14)3-2-4-13-9-10-16-11-13/h5-11H,2-4H2,1H3. The summed E-state index contributed by atoms with van der Waals surface area (Å²) < 4.78 is 5.13. The first kappa shape index (κ1) is 11.2. The summed E-state index contributed by atoms with van der Waals surface area (Å²) in [5.41, 5.74) is 2.84. The second-order valence-electron chi connectivity index (χ2n) is 3.83. The zero-order valence-corrected chi connectivity index (χ0v) is 10.3. The van der Waals surface area contributed by atoms with Crippen molar-refractivity contribution in [3.05, 3.63) is 52.2 Å². The first-order chi connectivity index (χ1) is 7.88. The lowest BCUT2D eigenvalue weighted by molar-refractivity contribution is 0.414. The summed E-state index contributed by atoms with van der Waals surface area (Å²) in [6, 6.07) is 10.6. The number of methoxy groups -OCH3 is 1. The van der Waals surface area contributed by atoms with E-state index in [2.05, 4.69) is 29.0 Å². The van der Waals surface area contributed by atoms with Crippen LogP contribution in [-0.4, -0.2) is 7.11 Å². The van der Waals surface area contributed by atoms with Crippen LogP contribution in [0.3, 0.4) is 0 Å². The molecule has 0 aliphatic carbocycles. The number of hydrogen-bond acceptors (Lipinski definition) is 2. The average molecular weight is 232 g/mol. The van der Waals surface area contributed by atoms with E-state index in [0.717, 1.165) is 12.2 Å². The van der Waals surface area contributed by atoms with Gasteiger partial charge in [-0.2, -0.15) is 11.3 Å². The molecule has 1 aromatic heterocycles. The Morgan fingerprint density at radius 3 is 2.38 bits per heavy atom. The molecule has 0 spiro atoms. The fraction of sp³-hybridized carbons (Fsp3) is 0.286. The predicted molar refractivity (Wildman–Crippen MR) is 69.3 cm³/mol. The van der Waals surface area contributed by atoms with Crippen molar-refractivity contribution in [2.24, 2.45) is 0 Å². The van der Waals surface area contributed by atoms with Gasteiger partial charge in [-0.25, -0.2) is 0 Å². The van der Waals surface area contributed by atoms with E-state index in [1.807, 2.05) is 12.1 Å². The largest absolute Gasteiger partial charge is 0.497 e. The van der Waals surface area contributed by atoms with E-state index in [4.69, 9.17) is 4.74 Å². The van der Waals surface area contributed by atoms with E-state index in [1.54, 1.807) is 18.4 Å². The molecule has 0 aliphatic rings. The molecule has 84 valence electrons. The van der Waals surface area contributed by atoms with Crippen molar-refractivity contribution in [1.29, 1.82) is 0 Å². The van der Waals surface area contributed by atoms with Crippen molar-refractivity contribution in [3.8, 4) is 5.75 Å². The molecule has 0 radical (unpaired) electrons. The van der Waals surface area contributed by atoms with Crippen LogP contribution in [0.1, 0.15) is 17.5 Å². The lowest BCUT2D eigenvalue weighted by Gasteiger charge is -2.03. The Kier molecular flexibility index (Phi) is 4.00. The highest BCUT2D eigenvalue weighted by Crippen LogP contribution is 2.14. The fourth-order valence-electron chi connectivity index (χ4n) is 1.72. The lowest BCUT2D eigenvalue weighted by atomic mass is 10.1. The Morgan fingerprint density at radius 1 is 1.00 bits per heavy atom. The summed E-state index contributed by atoms with van der Waals surface area (Å²) in [7, 11) is 1.70. The number of thiophene rings is 1. The van der Waals surface area contributed by atoms with Crippen LogP contribution < -0.4 is 4.74 Å². The monoisotopic (exact) mass is 232 g/mol. The molecule has 2 aromatic rings. The van der Waals surface area contributed by atoms with Crippen molar-refractivity contribution in [1.82, 2.24) is 0 Å². The minimum atomic E-state index is 0.932. The molecule has 2 heteroatoms. The van der Waals surface area contributed by atoms with Crippen LogP contribution in [0.2, 0.25) is 0 Å². The molecular weight excluding hydrogens is 216 g/mol. The molecule has 0 amide bonds. The van der Waals surface area contributed by atoms with Gasteiger partial charge in [0, 0.05) is 0 Å². The third-order valence-corrected chi connectivity index (χ3v) is 3.40. The Bertz CT molecular complexity index is 403. The van der Waals surface area contributed by atoms with Gasteiger partial charge in [-0.15, -0.1) is 0 Å². The van der Waals surface area contributed by atoms with Crippen LogP contribution in [0, 0.1) is 0 Å². The van der Waals surface area contributed by atoms with Crippen molar-refractivity contribution in [2.75, 3.05) is 7.11 Å². The van der Waals surface area contributed by atoms with Crippen molar-refractivity contribution in [2.45, 2.75) is 19.3 Å². The molecule has 0 saturated carbocycles. The van der Waals surface area contributed by atoms with Gasteiger partial charge in [0.2, 0.25) is 0 Å². The highest BCUT2D eigenvalue weighted by molar-refractivity contribution is 7.07. The quantitative estimate of drug-likeness (QED) is 0.759. The summed E-state index contributed by atoms with van der Waals surface area (Å²) >= 11 is 1.77. The molecule has 0 unspecified atom stereocenters. The van der Waals surface area contributed by atoms with Crippen molar-refractivity contribution < 1.29 is 4.74 Å². The Hall–Kier alpha value is -1.28. The molecule has 0 bridgehead atoms. The number of benzene rings is 1. The molecule has 1 heterocycles. The van der Waals surface area contributed by atoms with Crippen LogP contribution in [0.25, 0.3) is 0 Å². The Labute approximate surface area is 101 Å². The van der Waals surface area contributed by atoms with Crippen LogP contribution in [0.4, 0.5) is 0 Å². The number of rotatable bonds is 5. The molecular formula is C14H16OS. The summed E-state index contributed by atoms with van der Waals surface area (Å²) in [6.45, 7) is 0. The van der Waals surface area contributed by atoms with E-state index in [9.17, 15) is 0 Å². The summed E-state index contributed by atoms with van der Waals surface area (Å²) in [6.07, 6.45) is 3.53. The normalized spacial score (nSPS) is 10.3. The van der Waals surface area contributed by atoms with Crippen LogP contribution in [-0.2, 0) is 12.8 Å². The SMILES string of the molecule is COc1ccc(CCCc2ccsc2)cc1. The second kappa shape index (κ2) is 5.71. The lowest BCUT2D eigenvalue weighted by Crippen LogP contribution is -1.89. The van der Waals surface area contributed by atoms with Crippen LogP contribution >= 0.6 is 11.3 Å². The van der Waals surface area contributed by atoms with Crippen molar-refractivity contribution >= 4 is 11.3 Å². The fourth-order valence-corrected chi connectivity index (χ4v) is 2.43. The third-order valence-electron chi connectivity index (χ3n) is 2.67. The smallest absolute Gasteiger partial charge is 0.118 e. The van der Waals surface area contributed by atoms with E-state index in [-0.39, 0.29) is 0 Å². The van der Waals surface area contributed by atoms with E-state index in [1.165, 1.54) is 24.0 Å². The number of aryl methyl sites for hydroxylation is 2. The zero-order valence-electron chi connectivity index (χ0n) is 9.48. The predicted octanol–water partition coefficient (Wildman–Crippen LogP) is 3.93. The number of ether oxygens (including phenoxy) is 1. The van der Waals surface area contributed by atoms with Gasteiger partial charge in [-0.1, -0.05) is 12.1 Å². The summed E-state index contributed by atoms with van der Waals surface area (Å²) in [5.74, 6) is 0.932. The molecule has 0 N–H and O–H groups in total. The zero-order chi connectivity index (χ0) is 11.2. The van der Waals surface area contributed by atoms with Crippen LogP contribution in [0.5, 0.6) is 5.75 Å². The van der Waals surface area contributed by atoms with Gasteiger partial charge >= 0.3 is 0 Å². The average Bonchev–Trinajstić information content (AvgIpc) is 2.83. The van der Waals surface area contributed by atoms with Gasteiger partial charge in [0.25, 0.3) is 0 Å². The molecule has 0 atom stereocenters. The molecule has 0 fully saturated rings. The first-order valence-electron chi connectivity index (χ1n) is 5.52. The molecule has 0 saturated heterocycles. The van der Waals surface area contributed by atoms with E-state index >= 15 is 0 Å². The Balaban J connectivity index is 1.81. The molecule has 16 heavy (non-hydrogen) atoms. The van der Waals surface area contributed by atoms with Gasteiger partial charge in [-0.05, 0) is 59.3 Å². The third kappa shape index (κ3) is 3.11. The molecule has 1 nitrogen and oxygen atoms in total. The molecule has 2 rings (SSSR count). The van der Waals surface area contributed by atoms with Gasteiger partial charge in [0.1, 0.15) is 5.75 Å². The maximum Gasteiger partial charge on any atom is 0.118 e. The van der Waals surface area contributed by atoms with E-state index < -0.39 is 0 Å². The van der Waals surface area contributed by atoms with Crippen molar-refractivity contribution in [3.63, 3.8) is 0 Å². The highest BCUT2D eigenvalue weighted by Gasteiger charge is 1.96. The van der Waals surface area contributed by atoms with Gasteiger partial charge < -0.3 is 4.74 Å². The molecule has 0 aliphatic heterocycles. The Morgan fingerprint density at radius 2 is 1.75 bits per heavy atom. The van der Waals surface area contributed by atoms with E-state index in [0.29, 0.717) is 0 Å². The minimum absolute atomic E-state index is 0.932. The maximum atomic E-state index is 5.13. The van der Waals surface area contributed by atoms with Gasteiger partial charge in [-0.3, -0.25) is 0 Å². The topological polar surface area (TPSA) is 9.23 Å². The second-order valence-corrected chi connectivity index (χ2v) is 4.61. The maximum absolute atomic E-state index is 5.13. The van der Waals surface area contributed by atoms with Gasteiger partial charge in [0.05, 0.1) is 7.11 Å². The first-order valence-corrected chi connectivity index (χ1v) is 6.47. The highest BCUT2D eigenvalue weighted by atomic mass is 32.1. The van der Waals surface area contributed by atoms with Crippen LogP contribution in [0.15, 0.2) is 41.1 Å². The summed E-state index contributed by atoms with van der Waals surface area (Å²) in [4.78, 5) is 0. The summed E-state index contributed by atoms with van der Waals surface area (Å²) in [5, 5.41) is 4.37. The minimum Gasteiger partial charge on any atom is -0.497 e.